The van der Waals surface area contributed by atoms with Gasteiger partial charge in [-0.05, 0) is 37.3 Å². The normalized spacial score (nSPS) is 15.6. The van der Waals surface area contributed by atoms with E-state index in [1.807, 2.05) is 32.2 Å². The fraction of sp³-hybridized carbons (Fsp3) is 0.684. The van der Waals surface area contributed by atoms with Crippen LogP contribution in [0.4, 0.5) is 10.6 Å². The van der Waals surface area contributed by atoms with Crippen LogP contribution in [0, 0.1) is 0 Å². The molecule has 0 aliphatic carbocycles. The zero-order chi connectivity index (χ0) is 18.1. The predicted molar refractivity (Wildman–Crippen MR) is 101 cm³/mol. The van der Waals surface area contributed by atoms with E-state index in [0.717, 1.165) is 24.5 Å². The summed E-state index contributed by atoms with van der Waals surface area (Å²) in [6.07, 6.45) is 8.13. The number of aromatic nitrogens is 1. The van der Waals surface area contributed by atoms with Crippen molar-refractivity contribution in [2.75, 3.05) is 24.5 Å². The summed E-state index contributed by atoms with van der Waals surface area (Å²) in [5, 5.41) is 15.7. The summed E-state index contributed by atoms with van der Waals surface area (Å²) in [5.41, 5.74) is 0.142. The molecule has 3 N–H and O–H groups in total. The van der Waals surface area contributed by atoms with Gasteiger partial charge in [0.15, 0.2) is 0 Å². The van der Waals surface area contributed by atoms with Gasteiger partial charge in [0.2, 0.25) is 0 Å². The molecule has 0 saturated carbocycles. The summed E-state index contributed by atoms with van der Waals surface area (Å²) >= 11 is 0. The van der Waals surface area contributed by atoms with E-state index in [9.17, 15) is 9.90 Å². The van der Waals surface area contributed by atoms with Crippen LogP contribution in [-0.2, 0) is 6.54 Å². The van der Waals surface area contributed by atoms with E-state index in [-0.39, 0.29) is 12.6 Å². The monoisotopic (exact) mass is 348 g/mol. The quantitative estimate of drug-likeness (QED) is 0.708. The standard InChI is InChI=1S/C19H32N4O2/c1-3-19(25,4-2)15-22-18(24)21-14-16-9-10-17(20-13-16)23-11-7-5-6-8-12-23/h9-10,13,25H,3-8,11-12,14-15H2,1-2H3,(H2,21,22,24). The smallest absolute Gasteiger partial charge is 0.315 e. The van der Waals surface area contributed by atoms with Crippen LogP contribution in [0.2, 0.25) is 0 Å². The van der Waals surface area contributed by atoms with Crippen LogP contribution in [0.5, 0.6) is 0 Å². The van der Waals surface area contributed by atoms with Crippen LogP contribution in [0.1, 0.15) is 57.9 Å². The minimum absolute atomic E-state index is 0.262. The van der Waals surface area contributed by atoms with Gasteiger partial charge >= 0.3 is 6.03 Å². The Bertz CT molecular complexity index is 521. The number of hydrogen-bond donors (Lipinski definition) is 3. The third-order valence-electron chi connectivity index (χ3n) is 5.09. The molecule has 6 heteroatoms. The van der Waals surface area contributed by atoms with Crippen molar-refractivity contribution in [3.05, 3.63) is 23.9 Å². The van der Waals surface area contributed by atoms with E-state index in [1.54, 1.807) is 0 Å². The van der Waals surface area contributed by atoms with Gasteiger partial charge in [-0.15, -0.1) is 0 Å². The molecule has 0 radical (unpaired) electrons. The van der Waals surface area contributed by atoms with Crippen molar-refractivity contribution in [1.82, 2.24) is 15.6 Å². The number of carbonyl (C=O) groups excluding carboxylic acids is 1. The SMILES string of the molecule is CCC(O)(CC)CNC(=O)NCc1ccc(N2CCCCCC2)nc1. The highest BCUT2D eigenvalue weighted by Crippen LogP contribution is 2.17. The maximum Gasteiger partial charge on any atom is 0.315 e. The molecule has 0 atom stereocenters. The summed E-state index contributed by atoms with van der Waals surface area (Å²) in [6, 6.07) is 3.78. The van der Waals surface area contributed by atoms with Crippen molar-refractivity contribution in [2.24, 2.45) is 0 Å². The average Bonchev–Trinajstić information content (AvgIpc) is 2.94. The maximum absolute atomic E-state index is 11.9. The van der Waals surface area contributed by atoms with Crippen molar-refractivity contribution >= 4 is 11.8 Å². The van der Waals surface area contributed by atoms with Crippen molar-refractivity contribution in [2.45, 2.75) is 64.5 Å². The third kappa shape index (κ3) is 6.20. The first kappa shape index (κ1) is 19.5. The molecule has 1 fully saturated rings. The molecule has 25 heavy (non-hydrogen) atoms. The van der Waals surface area contributed by atoms with Gasteiger partial charge in [-0.2, -0.15) is 0 Å². The van der Waals surface area contributed by atoms with E-state index in [2.05, 4.69) is 20.5 Å². The second kappa shape index (κ2) is 9.61. The number of aliphatic hydroxyl groups is 1. The molecule has 140 valence electrons. The van der Waals surface area contributed by atoms with Crippen LogP contribution < -0.4 is 15.5 Å². The number of urea groups is 1. The van der Waals surface area contributed by atoms with Crippen molar-refractivity contribution in [3.8, 4) is 0 Å². The van der Waals surface area contributed by atoms with Gasteiger partial charge in [-0.1, -0.05) is 32.8 Å². The van der Waals surface area contributed by atoms with Gasteiger partial charge in [0, 0.05) is 32.4 Å². The molecule has 0 unspecified atom stereocenters. The Labute approximate surface area is 151 Å². The van der Waals surface area contributed by atoms with Gasteiger partial charge in [0.25, 0.3) is 0 Å². The zero-order valence-corrected chi connectivity index (χ0v) is 15.6. The summed E-state index contributed by atoms with van der Waals surface area (Å²) < 4.78 is 0. The lowest BCUT2D eigenvalue weighted by atomic mass is 9.98. The number of hydrogen-bond acceptors (Lipinski definition) is 4. The fourth-order valence-electron chi connectivity index (χ4n) is 3.00. The molecule has 2 amide bonds. The van der Waals surface area contributed by atoms with Gasteiger partial charge in [0.1, 0.15) is 5.82 Å². The highest BCUT2D eigenvalue weighted by atomic mass is 16.3. The van der Waals surface area contributed by atoms with Crippen LogP contribution in [0.3, 0.4) is 0 Å². The van der Waals surface area contributed by atoms with E-state index >= 15 is 0 Å². The van der Waals surface area contributed by atoms with Crippen molar-refractivity contribution in [1.29, 1.82) is 0 Å². The third-order valence-corrected chi connectivity index (χ3v) is 5.09. The molecule has 1 aliphatic heterocycles. The fourth-order valence-corrected chi connectivity index (χ4v) is 3.00. The highest BCUT2D eigenvalue weighted by Gasteiger charge is 2.22. The number of nitrogens with one attached hydrogen (secondary N) is 2. The summed E-state index contributed by atoms with van der Waals surface area (Å²) in [5.74, 6) is 1.02. The average molecular weight is 348 g/mol. The topological polar surface area (TPSA) is 77.5 Å². The Morgan fingerprint density at radius 3 is 2.40 bits per heavy atom. The molecule has 6 nitrogen and oxygen atoms in total. The molecular weight excluding hydrogens is 316 g/mol. The van der Waals surface area contributed by atoms with E-state index in [4.69, 9.17) is 0 Å². The molecule has 1 aromatic rings. The lowest BCUT2D eigenvalue weighted by molar-refractivity contribution is 0.0349. The lowest BCUT2D eigenvalue weighted by Crippen LogP contribution is -2.45. The van der Waals surface area contributed by atoms with E-state index < -0.39 is 5.60 Å². The van der Waals surface area contributed by atoms with E-state index in [1.165, 1.54) is 25.7 Å². The molecule has 2 rings (SSSR count). The Kier molecular flexibility index (Phi) is 7.50. The van der Waals surface area contributed by atoms with Crippen molar-refractivity contribution in [3.63, 3.8) is 0 Å². The van der Waals surface area contributed by atoms with Crippen LogP contribution in [0.15, 0.2) is 18.3 Å². The molecule has 0 spiro atoms. The first-order valence-electron chi connectivity index (χ1n) is 9.50. The minimum atomic E-state index is -0.826. The van der Waals surface area contributed by atoms with Gasteiger partial charge in [0.05, 0.1) is 5.60 Å². The number of rotatable bonds is 7. The summed E-state index contributed by atoms with van der Waals surface area (Å²) in [6.45, 7) is 6.67. The second-order valence-corrected chi connectivity index (χ2v) is 6.89. The number of carbonyl (C=O) groups is 1. The van der Waals surface area contributed by atoms with Crippen LogP contribution >= 0.6 is 0 Å². The molecular formula is C19H32N4O2. The Morgan fingerprint density at radius 2 is 1.84 bits per heavy atom. The van der Waals surface area contributed by atoms with Crippen LogP contribution in [0.25, 0.3) is 0 Å². The number of pyridine rings is 1. The van der Waals surface area contributed by atoms with Crippen molar-refractivity contribution < 1.29 is 9.90 Å². The highest BCUT2D eigenvalue weighted by molar-refractivity contribution is 5.73. The Hall–Kier alpha value is -1.82. The number of anilines is 1. The number of nitrogens with zero attached hydrogens (tertiary/aromatic N) is 2. The molecule has 1 aliphatic rings. The molecule has 2 heterocycles. The second-order valence-electron chi connectivity index (χ2n) is 6.89. The number of amides is 2. The minimum Gasteiger partial charge on any atom is -0.388 e. The molecule has 0 bridgehead atoms. The van der Waals surface area contributed by atoms with Gasteiger partial charge in [-0.3, -0.25) is 0 Å². The molecule has 1 saturated heterocycles. The Balaban J connectivity index is 1.78. The summed E-state index contributed by atoms with van der Waals surface area (Å²) in [4.78, 5) is 18.8. The zero-order valence-electron chi connectivity index (χ0n) is 15.6. The first-order chi connectivity index (χ1) is 12.1. The predicted octanol–water partition coefficient (Wildman–Crippen LogP) is 2.81. The van der Waals surface area contributed by atoms with Gasteiger partial charge < -0.3 is 20.6 Å². The van der Waals surface area contributed by atoms with Crippen LogP contribution in [-0.4, -0.2) is 41.4 Å². The molecule has 1 aromatic heterocycles. The first-order valence-corrected chi connectivity index (χ1v) is 9.50. The summed E-state index contributed by atoms with van der Waals surface area (Å²) in [7, 11) is 0. The maximum atomic E-state index is 11.9. The van der Waals surface area contributed by atoms with E-state index in [0.29, 0.717) is 19.4 Å². The largest absolute Gasteiger partial charge is 0.388 e. The Morgan fingerprint density at radius 1 is 1.16 bits per heavy atom. The lowest BCUT2D eigenvalue weighted by Gasteiger charge is -2.25. The molecule has 0 aromatic carbocycles. The van der Waals surface area contributed by atoms with Gasteiger partial charge in [-0.25, -0.2) is 9.78 Å².